The monoisotopic (exact) mass is 283 g/mol. The predicted octanol–water partition coefficient (Wildman–Crippen LogP) is 2.79. The van der Waals surface area contributed by atoms with E-state index >= 15 is 0 Å². The SMILES string of the molecule is O=C(CCCNC(=O)c1ccccc1)c1ccc(O)cc1. The zero-order valence-corrected chi connectivity index (χ0v) is 11.6. The molecule has 0 aliphatic rings. The van der Waals surface area contributed by atoms with Crippen molar-refractivity contribution >= 4 is 11.7 Å². The highest BCUT2D eigenvalue weighted by Crippen LogP contribution is 2.11. The van der Waals surface area contributed by atoms with Gasteiger partial charge in [0, 0.05) is 24.1 Å². The predicted molar refractivity (Wildman–Crippen MR) is 80.4 cm³/mol. The summed E-state index contributed by atoms with van der Waals surface area (Å²) in [6.07, 6.45) is 0.943. The highest BCUT2D eigenvalue weighted by Gasteiger charge is 2.07. The van der Waals surface area contributed by atoms with E-state index in [9.17, 15) is 9.59 Å². The number of carbonyl (C=O) groups is 2. The first kappa shape index (κ1) is 14.8. The molecule has 0 bridgehead atoms. The molecular formula is C17H17NO3. The zero-order valence-electron chi connectivity index (χ0n) is 11.6. The van der Waals surface area contributed by atoms with Crippen molar-refractivity contribution in [2.75, 3.05) is 6.54 Å². The molecule has 0 saturated carbocycles. The summed E-state index contributed by atoms with van der Waals surface area (Å²) in [4.78, 5) is 23.6. The van der Waals surface area contributed by atoms with Crippen LogP contribution in [0.1, 0.15) is 33.6 Å². The molecule has 0 aliphatic heterocycles. The number of phenolic OH excluding ortho intramolecular Hbond substituents is 1. The van der Waals surface area contributed by atoms with Gasteiger partial charge in [0.1, 0.15) is 5.75 Å². The van der Waals surface area contributed by atoms with Gasteiger partial charge in [-0.2, -0.15) is 0 Å². The summed E-state index contributed by atoms with van der Waals surface area (Å²) < 4.78 is 0. The molecule has 0 heterocycles. The number of carbonyl (C=O) groups excluding carboxylic acids is 2. The first-order chi connectivity index (χ1) is 10.2. The van der Waals surface area contributed by atoms with Gasteiger partial charge in [-0.05, 0) is 42.8 Å². The van der Waals surface area contributed by atoms with Crippen LogP contribution in [-0.4, -0.2) is 23.3 Å². The molecule has 108 valence electrons. The summed E-state index contributed by atoms with van der Waals surface area (Å²) >= 11 is 0. The second-order valence-electron chi connectivity index (χ2n) is 4.70. The smallest absolute Gasteiger partial charge is 0.251 e. The Kier molecular flexibility index (Phi) is 5.10. The fraction of sp³-hybridized carbons (Fsp3) is 0.176. The van der Waals surface area contributed by atoms with E-state index in [-0.39, 0.29) is 17.4 Å². The molecular weight excluding hydrogens is 266 g/mol. The summed E-state index contributed by atoms with van der Waals surface area (Å²) in [6, 6.07) is 15.1. The van der Waals surface area contributed by atoms with Gasteiger partial charge in [-0.3, -0.25) is 9.59 Å². The summed E-state index contributed by atoms with van der Waals surface area (Å²) in [7, 11) is 0. The molecule has 0 unspecified atom stereocenters. The lowest BCUT2D eigenvalue weighted by Gasteiger charge is -2.05. The number of aromatic hydroxyl groups is 1. The number of hydrogen-bond donors (Lipinski definition) is 2. The maximum atomic E-state index is 11.9. The summed E-state index contributed by atoms with van der Waals surface area (Å²) in [6.45, 7) is 0.456. The lowest BCUT2D eigenvalue weighted by molar-refractivity contribution is 0.0938. The van der Waals surface area contributed by atoms with E-state index in [4.69, 9.17) is 5.11 Å². The van der Waals surface area contributed by atoms with E-state index in [0.717, 1.165) is 0 Å². The van der Waals surface area contributed by atoms with Gasteiger partial charge in [-0.25, -0.2) is 0 Å². The van der Waals surface area contributed by atoms with Crippen molar-refractivity contribution in [1.29, 1.82) is 0 Å². The van der Waals surface area contributed by atoms with Gasteiger partial charge in [0.2, 0.25) is 0 Å². The van der Waals surface area contributed by atoms with Crippen molar-refractivity contribution in [2.24, 2.45) is 0 Å². The molecule has 21 heavy (non-hydrogen) atoms. The molecule has 0 saturated heterocycles. The van der Waals surface area contributed by atoms with Crippen molar-refractivity contribution in [3.8, 4) is 5.75 Å². The van der Waals surface area contributed by atoms with E-state index in [1.807, 2.05) is 18.2 Å². The van der Waals surface area contributed by atoms with Crippen LogP contribution in [0.2, 0.25) is 0 Å². The van der Waals surface area contributed by atoms with Crippen LogP contribution in [0.5, 0.6) is 5.75 Å². The Morgan fingerprint density at radius 2 is 1.57 bits per heavy atom. The largest absolute Gasteiger partial charge is 0.508 e. The minimum Gasteiger partial charge on any atom is -0.508 e. The number of Topliss-reactive ketones (excluding diaryl/α,β-unsaturated/α-hetero) is 1. The van der Waals surface area contributed by atoms with Gasteiger partial charge >= 0.3 is 0 Å². The van der Waals surface area contributed by atoms with E-state index in [1.165, 1.54) is 12.1 Å². The Balaban J connectivity index is 1.73. The van der Waals surface area contributed by atoms with Crippen LogP contribution in [0.3, 0.4) is 0 Å². The fourth-order valence-corrected chi connectivity index (χ4v) is 1.93. The van der Waals surface area contributed by atoms with Crippen LogP contribution in [0.15, 0.2) is 54.6 Å². The number of nitrogens with one attached hydrogen (secondary N) is 1. The third-order valence-electron chi connectivity index (χ3n) is 3.09. The number of benzene rings is 2. The van der Waals surface area contributed by atoms with Gasteiger partial charge in [0.15, 0.2) is 5.78 Å². The molecule has 2 rings (SSSR count). The van der Waals surface area contributed by atoms with Crippen molar-refractivity contribution in [1.82, 2.24) is 5.32 Å². The fourth-order valence-electron chi connectivity index (χ4n) is 1.93. The molecule has 0 fully saturated rings. The van der Waals surface area contributed by atoms with Crippen LogP contribution in [0, 0.1) is 0 Å². The third kappa shape index (κ3) is 4.45. The molecule has 2 N–H and O–H groups in total. The number of hydrogen-bond acceptors (Lipinski definition) is 3. The minimum atomic E-state index is -0.132. The van der Waals surface area contributed by atoms with E-state index in [2.05, 4.69) is 5.32 Å². The highest BCUT2D eigenvalue weighted by molar-refractivity contribution is 5.96. The van der Waals surface area contributed by atoms with Crippen LogP contribution in [0.4, 0.5) is 0 Å². The molecule has 0 radical (unpaired) electrons. The van der Waals surface area contributed by atoms with Gasteiger partial charge in [0.05, 0.1) is 0 Å². The van der Waals surface area contributed by atoms with Crippen molar-refractivity contribution < 1.29 is 14.7 Å². The Morgan fingerprint density at radius 3 is 2.24 bits per heavy atom. The number of ketones is 1. The van der Waals surface area contributed by atoms with Crippen LogP contribution >= 0.6 is 0 Å². The minimum absolute atomic E-state index is 0.00367. The molecule has 2 aromatic carbocycles. The summed E-state index contributed by atoms with van der Waals surface area (Å²) in [5, 5.41) is 11.9. The molecule has 0 atom stereocenters. The molecule has 4 heteroatoms. The molecule has 2 aromatic rings. The first-order valence-electron chi connectivity index (χ1n) is 6.82. The van der Waals surface area contributed by atoms with Crippen molar-refractivity contribution in [3.05, 3.63) is 65.7 Å². The van der Waals surface area contributed by atoms with E-state index in [1.54, 1.807) is 24.3 Å². The van der Waals surface area contributed by atoms with Crippen LogP contribution in [0.25, 0.3) is 0 Å². The summed E-state index contributed by atoms with van der Waals surface area (Å²) in [5.41, 5.74) is 1.18. The maximum Gasteiger partial charge on any atom is 0.251 e. The number of phenols is 1. The second kappa shape index (κ2) is 7.24. The number of amides is 1. The third-order valence-corrected chi connectivity index (χ3v) is 3.09. The van der Waals surface area contributed by atoms with Crippen LogP contribution in [-0.2, 0) is 0 Å². The molecule has 0 aromatic heterocycles. The standard InChI is InChI=1S/C17H17NO3/c19-15-10-8-13(9-11-15)16(20)7-4-12-18-17(21)14-5-2-1-3-6-14/h1-3,5-6,8-11,19H,4,7,12H2,(H,18,21). The lowest BCUT2D eigenvalue weighted by atomic mass is 10.1. The molecule has 1 amide bonds. The molecule has 0 spiro atoms. The lowest BCUT2D eigenvalue weighted by Crippen LogP contribution is -2.24. The normalized spacial score (nSPS) is 10.1. The van der Waals surface area contributed by atoms with Crippen molar-refractivity contribution in [3.63, 3.8) is 0 Å². The topological polar surface area (TPSA) is 66.4 Å². The van der Waals surface area contributed by atoms with Gasteiger partial charge in [-0.15, -0.1) is 0 Å². The van der Waals surface area contributed by atoms with Gasteiger partial charge in [0.25, 0.3) is 5.91 Å². The van der Waals surface area contributed by atoms with Crippen LogP contribution < -0.4 is 5.32 Å². The van der Waals surface area contributed by atoms with Gasteiger partial charge < -0.3 is 10.4 Å². The van der Waals surface area contributed by atoms with E-state index < -0.39 is 0 Å². The zero-order chi connectivity index (χ0) is 15.1. The van der Waals surface area contributed by atoms with Crippen molar-refractivity contribution in [2.45, 2.75) is 12.8 Å². The Labute approximate surface area is 123 Å². The maximum absolute atomic E-state index is 11.9. The first-order valence-corrected chi connectivity index (χ1v) is 6.82. The highest BCUT2D eigenvalue weighted by atomic mass is 16.3. The molecule has 4 nitrogen and oxygen atoms in total. The molecule has 0 aliphatic carbocycles. The Morgan fingerprint density at radius 1 is 0.905 bits per heavy atom. The second-order valence-corrected chi connectivity index (χ2v) is 4.70. The Bertz CT molecular complexity index is 606. The Hall–Kier alpha value is -2.62. The summed E-state index contributed by atoms with van der Waals surface area (Å²) in [5.74, 6) is 0.0123. The average molecular weight is 283 g/mol. The quantitative estimate of drug-likeness (QED) is 0.633. The number of rotatable bonds is 6. The van der Waals surface area contributed by atoms with Gasteiger partial charge in [-0.1, -0.05) is 18.2 Å². The van der Waals surface area contributed by atoms with E-state index in [0.29, 0.717) is 30.5 Å². The average Bonchev–Trinajstić information content (AvgIpc) is 2.52.